The number of hydrogen-bond donors (Lipinski definition) is 2. The summed E-state index contributed by atoms with van der Waals surface area (Å²) in [6.07, 6.45) is -2.70. The molecular weight excluding hydrogens is 516 g/mol. The molecule has 0 unspecified atom stereocenters. The summed E-state index contributed by atoms with van der Waals surface area (Å²) in [6.45, 7) is 0.0564. The molecule has 11 heteroatoms. The highest BCUT2D eigenvalue weighted by Gasteiger charge is 2.68. The molecule has 1 heterocycles. The van der Waals surface area contributed by atoms with Crippen LogP contribution in [0, 0.1) is 11.2 Å². The van der Waals surface area contributed by atoms with Crippen LogP contribution in [0.3, 0.4) is 0 Å². The van der Waals surface area contributed by atoms with E-state index in [4.69, 9.17) is 5.11 Å². The molecule has 2 bridgehead atoms. The molecule has 3 saturated carbocycles. The van der Waals surface area contributed by atoms with Gasteiger partial charge in [0.1, 0.15) is 16.9 Å². The van der Waals surface area contributed by atoms with Crippen LogP contribution in [0.2, 0.25) is 0 Å². The lowest BCUT2D eigenvalue weighted by Gasteiger charge is -2.70. The van der Waals surface area contributed by atoms with Crippen LogP contribution in [0.25, 0.3) is 22.2 Å². The SMILES string of the molecule is O=C(O)CC12CC(NC(=O)c3cc(-c4ccccc4F)cc4nnn(Cc5ccc(C(F)(F)F)cc5)c34)(C1)C2. The molecule has 200 valence electrons. The van der Waals surface area contributed by atoms with E-state index in [1.54, 1.807) is 30.3 Å². The number of carboxylic acids is 1. The van der Waals surface area contributed by atoms with Crippen LogP contribution in [-0.4, -0.2) is 37.5 Å². The lowest BCUT2D eigenvalue weighted by molar-refractivity contribution is -0.172. The molecule has 3 aliphatic carbocycles. The zero-order chi connectivity index (χ0) is 27.6. The Morgan fingerprint density at radius 3 is 2.36 bits per heavy atom. The van der Waals surface area contributed by atoms with Crippen molar-refractivity contribution in [1.82, 2.24) is 20.3 Å². The van der Waals surface area contributed by atoms with Crippen LogP contribution < -0.4 is 5.32 Å². The number of rotatable bonds is 7. The topological polar surface area (TPSA) is 97.1 Å². The van der Waals surface area contributed by atoms with Crippen molar-refractivity contribution < 1.29 is 32.3 Å². The van der Waals surface area contributed by atoms with E-state index in [1.807, 2.05) is 0 Å². The summed E-state index contributed by atoms with van der Waals surface area (Å²) >= 11 is 0. The van der Waals surface area contributed by atoms with E-state index < -0.39 is 35.0 Å². The number of carbonyl (C=O) groups is 2. The number of carbonyl (C=O) groups excluding carboxylic acids is 1. The molecule has 3 aromatic carbocycles. The summed E-state index contributed by atoms with van der Waals surface area (Å²) in [5, 5.41) is 20.5. The summed E-state index contributed by atoms with van der Waals surface area (Å²) in [4.78, 5) is 24.8. The molecular formula is C28H22F4N4O3. The van der Waals surface area contributed by atoms with Crippen molar-refractivity contribution in [2.24, 2.45) is 5.41 Å². The van der Waals surface area contributed by atoms with Crippen LogP contribution in [0.4, 0.5) is 17.6 Å². The summed E-state index contributed by atoms with van der Waals surface area (Å²) in [5.74, 6) is -1.78. The van der Waals surface area contributed by atoms with Gasteiger partial charge >= 0.3 is 12.1 Å². The van der Waals surface area contributed by atoms with Gasteiger partial charge in [-0.15, -0.1) is 5.10 Å². The third-order valence-corrected chi connectivity index (χ3v) is 7.70. The summed E-state index contributed by atoms with van der Waals surface area (Å²) in [7, 11) is 0. The molecule has 0 saturated heterocycles. The van der Waals surface area contributed by atoms with Crippen LogP contribution in [0.15, 0.2) is 60.7 Å². The number of amides is 1. The summed E-state index contributed by atoms with van der Waals surface area (Å²) in [5.41, 5.74) is 0.557. The van der Waals surface area contributed by atoms with Crippen LogP contribution in [0.5, 0.6) is 0 Å². The first-order chi connectivity index (χ1) is 18.5. The number of halogens is 4. The fourth-order valence-electron chi connectivity index (χ4n) is 6.17. The standard InChI is InChI=1S/C28H22F4N4O3/c29-21-4-2-1-3-19(21)17-9-20(25(39)33-27-13-26(14-27,15-27)11-23(37)38)24-22(10-17)34-35-36(24)12-16-5-7-18(8-6-16)28(30,31)32/h1-10H,11-15H2,(H,33,39)(H,37,38). The van der Waals surface area contributed by atoms with E-state index in [-0.39, 0.29) is 29.5 Å². The molecule has 4 aromatic rings. The smallest absolute Gasteiger partial charge is 0.416 e. The summed E-state index contributed by atoms with van der Waals surface area (Å²) in [6, 6.07) is 13.9. The van der Waals surface area contributed by atoms with Crippen molar-refractivity contribution in [3.8, 4) is 11.1 Å². The number of benzene rings is 3. The third kappa shape index (κ3) is 4.41. The van der Waals surface area contributed by atoms with Crippen LogP contribution in [-0.2, 0) is 17.5 Å². The first-order valence-corrected chi connectivity index (χ1v) is 12.3. The number of aromatic nitrogens is 3. The maximum atomic E-state index is 14.6. The average molecular weight is 539 g/mol. The van der Waals surface area contributed by atoms with Crippen molar-refractivity contribution in [1.29, 1.82) is 0 Å². The first kappa shape index (κ1) is 25.0. The second-order valence-electron chi connectivity index (χ2n) is 10.6. The first-order valence-electron chi connectivity index (χ1n) is 12.3. The molecule has 3 aliphatic rings. The Balaban J connectivity index is 1.36. The molecule has 7 nitrogen and oxygen atoms in total. The third-order valence-electron chi connectivity index (χ3n) is 7.70. The fourth-order valence-corrected chi connectivity index (χ4v) is 6.17. The molecule has 7 rings (SSSR count). The van der Waals surface area contributed by atoms with Gasteiger partial charge in [0.05, 0.1) is 24.1 Å². The second-order valence-corrected chi connectivity index (χ2v) is 10.6. The van der Waals surface area contributed by atoms with Gasteiger partial charge in [-0.3, -0.25) is 9.59 Å². The number of nitrogens with zero attached hydrogens (tertiary/aromatic N) is 3. The minimum Gasteiger partial charge on any atom is -0.481 e. The van der Waals surface area contributed by atoms with Crippen molar-refractivity contribution in [3.63, 3.8) is 0 Å². The Morgan fingerprint density at radius 2 is 1.72 bits per heavy atom. The van der Waals surface area contributed by atoms with E-state index in [1.165, 1.54) is 22.9 Å². The fraction of sp³-hybridized carbons (Fsp3) is 0.286. The van der Waals surface area contributed by atoms with Gasteiger partial charge in [-0.2, -0.15) is 13.2 Å². The van der Waals surface area contributed by atoms with Gasteiger partial charge in [-0.25, -0.2) is 9.07 Å². The van der Waals surface area contributed by atoms with Gasteiger partial charge in [0.15, 0.2) is 0 Å². The quantitative estimate of drug-likeness (QED) is 0.306. The minimum atomic E-state index is -4.46. The van der Waals surface area contributed by atoms with Gasteiger partial charge in [-0.1, -0.05) is 35.5 Å². The number of carboxylic acid groups (broad SMARTS) is 1. The highest BCUT2D eigenvalue weighted by Crippen LogP contribution is 2.69. The molecule has 1 amide bonds. The Labute approximate surface area is 219 Å². The number of hydrogen-bond acceptors (Lipinski definition) is 4. The van der Waals surface area contributed by atoms with Crippen molar-refractivity contribution >= 4 is 22.9 Å². The minimum absolute atomic E-state index is 0.0564. The lowest BCUT2D eigenvalue weighted by atomic mass is 9.38. The largest absolute Gasteiger partial charge is 0.481 e. The Bertz CT molecular complexity index is 1610. The predicted molar refractivity (Wildman–Crippen MR) is 132 cm³/mol. The molecule has 0 atom stereocenters. The lowest BCUT2D eigenvalue weighted by Crippen LogP contribution is -2.75. The Morgan fingerprint density at radius 1 is 1.03 bits per heavy atom. The second kappa shape index (κ2) is 8.62. The molecule has 0 spiro atoms. The number of aliphatic carboxylic acids is 1. The highest BCUT2D eigenvalue weighted by molar-refractivity contribution is 6.07. The zero-order valence-electron chi connectivity index (χ0n) is 20.4. The maximum Gasteiger partial charge on any atom is 0.416 e. The monoisotopic (exact) mass is 538 g/mol. The van der Waals surface area contributed by atoms with Crippen molar-refractivity contribution in [2.75, 3.05) is 0 Å². The van der Waals surface area contributed by atoms with Gasteiger partial charge in [0, 0.05) is 11.1 Å². The molecule has 39 heavy (non-hydrogen) atoms. The van der Waals surface area contributed by atoms with Gasteiger partial charge in [-0.05, 0) is 66.1 Å². The molecule has 3 fully saturated rings. The van der Waals surface area contributed by atoms with E-state index >= 15 is 0 Å². The Kier molecular flexibility index (Phi) is 5.53. The van der Waals surface area contributed by atoms with E-state index in [2.05, 4.69) is 15.6 Å². The highest BCUT2D eigenvalue weighted by atomic mass is 19.4. The summed E-state index contributed by atoms with van der Waals surface area (Å²) < 4.78 is 55.0. The molecule has 0 radical (unpaired) electrons. The number of nitrogens with one attached hydrogen (secondary N) is 1. The van der Waals surface area contributed by atoms with Crippen LogP contribution in [0.1, 0.15) is 47.2 Å². The van der Waals surface area contributed by atoms with Gasteiger partial charge in [0.2, 0.25) is 0 Å². The van der Waals surface area contributed by atoms with Gasteiger partial charge < -0.3 is 10.4 Å². The van der Waals surface area contributed by atoms with Crippen LogP contribution >= 0.6 is 0 Å². The van der Waals surface area contributed by atoms with E-state index in [0.29, 0.717) is 41.4 Å². The number of fused-ring (bicyclic) bond motifs is 1. The van der Waals surface area contributed by atoms with E-state index in [0.717, 1.165) is 12.1 Å². The zero-order valence-corrected chi connectivity index (χ0v) is 20.4. The predicted octanol–water partition coefficient (Wildman–Crippen LogP) is 5.43. The van der Waals surface area contributed by atoms with E-state index in [9.17, 15) is 27.2 Å². The number of alkyl halides is 3. The average Bonchev–Trinajstić information content (AvgIpc) is 3.23. The molecule has 2 N–H and O–H groups in total. The normalized spacial score (nSPS) is 21.7. The molecule has 0 aliphatic heterocycles. The molecule has 1 aromatic heterocycles. The van der Waals surface area contributed by atoms with Crippen molar-refractivity contribution in [2.45, 2.75) is 43.9 Å². The van der Waals surface area contributed by atoms with Crippen molar-refractivity contribution in [3.05, 3.63) is 83.2 Å². The Hall–Kier alpha value is -4.28. The van der Waals surface area contributed by atoms with Gasteiger partial charge in [0.25, 0.3) is 5.91 Å². The maximum absolute atomic E-state index is 14.6.